The van der Waals surface area contributed by atoms with Gasteiger partial charge in [-0.25, -0.2) is 13.6 Å². The van der Waals surface area contributed by atoms with Crippen molar-refractivity contribution in [1.29, 1.82) is 5.26 Å². The number of halogens is 2. The molecule has 0 radical (unpaired) electrons. The van der Waals surface area contributed by atoms with E-state index in [1.54, 1.807) is 5.06 Å². The van der Waals surface area contributed by atoms with Crippen molar-refractivity contribution in [2.45, 2.75) is 82.2 Å². The van der Waals surface area contributed by atoms with E-state index in [9.17, 15) is 18.4 Å². The zero-order valence-electron chi connectivity index (χ0n) is 16.2. The molecule has 0 aromatic rings. The van der Waals surface area contributed by atoms with Gasteiger partial charge in [-0.15, -0.1) is 5.06 Å². The number of carbonyl (C=O) groups is 2. The average Bonchev–Trinajstić information content (AvgIpc) is 3.29. The molecule has 3 rings (SSSR count). The third-order valence-corrected chi connectivity index (χ3v) is 6.03. The van der Waals surface area contributed by atoms with Crippen LogP contribution in [0, 0.1) is 16.7 Å². The van der Waals surface area contributed by atoms with Gasteiger partial charge in [-0.1, -0.05) is 19.3 Å². The molecule has 1 aliphatic heterocycles. The van der Waals surface area contributed by atoms with Crippen LogP contribution in [0.1, 0.15) is 64.7 Å². The van der Waals surface area contributed by atoms with Gasteiger partial charge in [0, 0.05) is 19.5 Å². The van der Waals surface area contributed by atoms with Gasteiger partial charge in [-0.05, 0) is 44.4 Å². The third-order valence-electron chi connectivity index (χ3n) is 6.03. The number of hydroxylamine groups is 2. The fraction of sp³-hybridized carbons (Fsp3) is 0.842. The summed E-state index contributed by atoms with van der Waals surface area (Å²) in [6.45, 7) is 1.93. The van der Waals surface area contributed by atoms with Crippen molar-refractivity contribution in [3.8, 4) is 6.07 Å². The minimum atomic E-state index is -3.15. The Bertz CT molecular complexity index is 649. The molecule has 1 atom stereocenters. The molecule has 1 spiro atoms. The molecule has 7 nitrogen and oxygen atoms in total. The lowest BCUT2D eigenvalue weighted by Gasteiger charge is -2.32. The number of alkyl halides is 2. The molecule has 1 heterocycles. The highest BCUT2D eigenvalue weighted by molar-refractivity contribution is 5.86. The van der Waals surface area contributed by atoms with Gasteiger partial charge in [-0.2, -0.15) is 5.26 Å². The molecular weight excluding hydrogens is 370 g/mol. The van der Waals surface area contributed by atoms with Crippen LogP contribution in [0.5, 0.6) is 0 Å². The number of hydrogen-bond donors (Lipinski definition) is 2. The molecule has 0 aromatic heterocycles. The predicted octanol–water partition coefficient (Wildman–Crippen LogP) is 2.87. The van der Waals surface area contributed by atoms with E-state index in [0.717, 1.165) is 19.3 Å². The quantitative estimate of drug-likeness (QED) is 0.717. The Morgan fingerprint density at radius 1 is 1.21 bits per heavy atom. The van der Waals surface area contributed by atoms with E-state index in [2.05, 4.69) is 10.6 Å². The molecule has 156 valence electrons. The number of nitriles is 1. The molecular formula is C19H28F2N4O3. The van der Waals surface area contributed by atoms with Crippen molar-refractivity contribution in [2.75, 3.05) is 13.1 Å². The summed E-state index contributed by atoms with van der Waals surface area (Å²) in [5.74, 6) is -3.94. The van der Waals surface area contributed by atoms with Gasteiger partial charge in [0.1, 0.15) is 11.6 Å². The number of amides is 2. The molecule has 3 fully saturated rings. The summed E-state index contributed by atoms with van der Waals surface area (Å²) in [4.78, 5) is 29.9. The van der Waals surface area contributed by atoms with E-state index in [-0.39, 0.29) is 5.41 Å². The van der Waals surface area contributed by atoms with Crippen LogP contribution < -0.4 is 10.6 Å². The molecule has 28 heavy (non-hydrogen) atoms. The van der Waals surface area contributed by atoms with Gasteiger partial charge in [0.05, 0.1) is 6.07 Å². The summed E-state index contributed by atoms with van der Waals surface area (Å²) in [5.41, 5.74) is -0.816. The SMILES string of the molecule is CC(F)(F)C[C@H](NC(=O)ON1CCC2(CCCCC2)C1)C(=O)NC1(C#N)CC1. The van der Waals surface area contributed by atoms with Crippen molar-refractivity contribution in [2.24, 2.45) is 5.41 Å². The minimum Gasteiger partial charge on any atom is -0.351 e. The Kier molecular flexibility index (Phi) is 5.80. The van der Waals surface area contributed by atoms with Crippen molar-refractivity contribution in [3.63, 3.8) is 0 Å². The predicted molar refractivity (Wildman–Crippen MR) is 96.1 cm³/mol. The molecule has 2 amide bonds. The van der Waals surface area contributed by atoms with E-state index >= 15 is 0 Å². The van der Waals surface area contributed by atoms with Gasteiger partial charge in [0.15, 0.2) is 0 Å². The van der Waals surface area contributed by atoms with E-state index in [4.69, 9.17) is 10.1 Å². The van der Waals surface area contributed by atoms with Crippen LogP contribution in [0.25, 0.3) is 0 Å². The Labute approximate surface area is 163 Å². The second-order valence-corrected chi connectivity index (χ2v) is 8.71. The molecule has 3 aliphatic rings. The van der Waals surface area contributed by atoms with E-state index in [1.807, 2.05) is 6.07 Å². The average molecular weight is 398 g/mol. The van der Waals surface area contributed by atoms with E-state index < -0.39 is 35.9 Å². The lowest BCUT2D eigenvalue weighted by atomic mass is 9.74. The van der Waals surface area contributed by atoms with Crippen LogP contribution in [0.3, 0.4) is 0 Å². The topological polar surface area (TPSA) is 94.5 Å². The molecule has 2 aliphatic carbocycles. The highest BCUT2D eigenvalue weighted by Gasteiger charge is 2.47. The van der Waals surface area contributed by atoms with E-state index in [1.165, 1.54) is 19.3 Å². The fourth-order valence-corrected chi connectivity index (χ4v) is 4.25. The Morgan fingerprint density at radius 2 is 1.89 bits per heavy atom. The first-order chi connectivity index (χ1) is 13.1. The maximum Gasteiger partial charge on any atom is 0.426 e. The monoisotopic (exact) mass is 398 g/mol. The van der Waals surface area contributed by atoms with Crippen LogP contribution in [0.2, 0.25) is 0 Å². The van der Waals surface area contributed by atoms with Crippen molar-refractivity contribution in [1.82, 2.24) is 15.7 Å². The Hall–Kier alpha value is -1.95. The summed E-state index contributed by atoms with van der Waals surface area (Å²) in [5, 5.41) is 15.4. The normalized spacial score (nSPS) is 24.2. The smallest absolute Gasteiger partial charge is 0.351 e. The van der Waals surface area contributed by atoms with Gasteiger partial charge < -0.3 is 15.5 Å². The highest BCUT2D eigenvalue weighted by Crippen LogP contribution is 2.43. The standard InChI is InChI=1S/C19H28F2N4O3/c1-17(20,21)11-14(15(26)24-19(12-22)7-8-19)23-16(27)28-25-10-9-18(13-25)5-3-2-4-6-18/h14H,2-11,13H2,1H3,(H,23,27)(H,24,26)/t14-/m0/s1. The van der Waals surface area contributed by atoms with Gasteiger partial charge in [-0.3, -0.25) is 4.79 Å². The second-order valence-electron chi connectivity index (χ2n) is 8.71. The second kappa shape index (κ2) is 7.82. The van der Waals surface area contributed by atoms with Crippen LogP contribution >= 0.6 is 0 Å². The molecule has 1 saturated heterocycles. The number of nitrogens with zero attached hydrogens (tertiary/aromatic N) is 2. The van der Waals surface area contributed by atoms with Crippen LogP contribution in [-0.4, -0.2) is 47.7 Å². The first-order valence-electron chi connectivity index (χ1n) is 9.99. The Balaban J connectivity index is 1.55. The first-order valence-corrected chi connectivity index (χ1v) is 9.99. The number of carbonyl (C=O) groups excluding carboxylic acids is 2. The first kappa shape index (κ1) is 20.8. The fourth-order valence-electron chi connectivity index (χ4n) is 4.25. The van der Waals surface area contributed by atoms with Crippen LogP contribution in [0.15, 0.2) is 0 Å². The molecule has 0 aromatic carbocycles. The van der Waals surface area contributed by atoms with E-state index in [0.29, 0.717) is 32.9 Å². The largest absolute Gasteiger partial charge is 0.426 e. The summed E-state index contributed by atoms with van der Waals surface area (Å²) in [6, 6.07) is 0.506. The van der Waals surface area contributed by atoms with Gasteiger partial charge in [0.2, 0.25) is 11.8 Å². The molecule has 0 bridgehead atoms. The molecule has 2 N–H and O–H groups in total. The minimum absolute atomic E-state index is 0.177. The summed E-state index contributed by atoms with van der Waals surface area (Å²) in [6.07, 6.45) is 5.92. The summed E-state index contributed by atoms with van der Waals surface area (Å²) in [7, 11) is 0. The lowest BCUT2D eigenvalue weighted by Crippen LogP contribution is -2.52. The maximum atomic E-state index is 13.5. The van der Waals surface area contributed by atoms with Crippen LogP contribution in [0.4, 0.5) is 13.6 Å². The van der Waals surface area contributed by atoms with Crippen LogP contribution in [-0.2, 0) is 9.63 Å². The maximum absolute atomic E-state index is 13.5. The molecule has 9 heteroatoms. The van der Waals surface area contributed by atoms with Crippen molar-refractivity contribution < 1.29 is 23.2 Å². The highest BCUT2D eigenvalue weighted by atomic mass is 19.3. The van der Waals surface area contributed by atoms with Gasteiger partial charge in [0.25, 0.3) is 0 Å². The van der Waals surface area contributed by atoms with Crippen molar-refractivity contribution >= 4 is 12.0 Å². The van der Waals surface area contributed by atoms with Crippen molar-refractivity contribution in [3.05, 3.63) is 0 Å². The Morgan fingerprint density at radius 3 is 2.46 bits per heavy atom. The number of rotatable bonds is 6. The number of hydrogen-bond acceptors (Lipinski definition) is 5. The third kappa shape index (κ3) is 5.31. The summed E-state index contributed by atoms with van der Waals surface area (Å²) >= 11 is 0. The zero-order valence-corrected chi connectivity index (χ0v) is 16.2. The lowest BCUT2D eigenvalue weighted by molar-refractivity contribution is -0.127. The van der Waals surface area contributed by atoms with Gasteiger partial charge >= 0.3 is 6.09 Å². The number of nitrogens with one attached hydrogen (secondary N) is 2. The molecule has 2 saturated carbocycles. The zero-order chi connectivity index (χ0) is 20.4. The summed E-state index contributed by atoms with van der Waals surface area (Å²) < 4.78 is 27.0. The molecule has 0 unspecified atom stereocenters.